The minimum Gasteiger partial charge on any atom is -0.446 e. The first-order valence-corrected chi connectivity index (χ1v) is 8.69. The van der Waals surface area contributed by atoms with Crippen molar-refractivity contribution in [3.63, 3.8) is 0 Å². The zero-order valence-corrected chi connectivity index (χ0v) is 12.0. The molecular formula is C9H14N2O2S2Si. The van der Waals surface area contributed by atoms with Gasteiger partial charge in [0.15, 0.2) is 5.75 Å². The first kappa shape index (κ1) is 15.1. The number of nitrogens with zero attached hydrogens (tertiary/aromatic N) is 2. The van der Waals surface area contributed by atoms with Crippen molar-refractivity contribution in [2.45, 2.75) is 19.6 Å². The van der Waals surface area contributed by atoms with Gasteiger partial charge < -0.3 is 9.36 Å². The number of benzene rings is 1. The van der Waals surface area contributed by atoms with Gasteiger partial charge in [0.1, 0.15) is 0 Å². The van der Waals surface area contributed by atoms with Gasteiger partial charge >= 0.3 is 0 Å². The SMILES string of the molecule is C[Si](C)(C)ON=S.S=NOc1ccccc1. The highest BCUT2D eigenvalue weighted by molar-refractivity contribution is 7.47. The summed E-state index contributed by atoms with van der Waals surface area (Å²) in [5.74, 6) is 0.674. The third-order valence-electron chi connectivity index (χ3n) is 1.20. The molecule has 7 heteroatoms. The van der Waals surface area contributed by atoms with Crippen molar-refractivity contribution >= 4 is 33.2 Å². The lowest BCUT2D eigenvalue weighted by Gasteiger charge is -2.09. The van der Waals surface area contributed by atoms with Gasteiger partial charge in [0.25, 0.3) is 8.32 Å². The maximum atomic E-state index is 4.81. The van der Waals surface area contributed by atoms with E-state index in [1.54, 1.807) is 12.1 Å². The summed E-state index contributed by atoms with van der Waals surface area (Å²) in [5, 5.41) is 0. The van der Waals surface area contributed by atoms with Crippen LogP contribution in [0.2, 0.25) is 19.6 Å². The zero-order chi connectivity index (χ0) is 12.4. The first-order chi connectivity index (χ1) is 7.49. The lowest BCUT2D eigenvalue weighted by Crippen LogP contribution is -2.21. The largest absolute Gasteiger partial charge is 0.446 e. The molecule has 0 aromatic heterocycles. The molecule has 0 saturated carbocycles. The van der Waals surface area contributed by atoms with Crippen molar-refractivity contribution in [3.05, 3.63) is 30.3 Å². The van der Waals surface area contributed by atoms with Gasteiger partial charge in [-0.15, -0.1) is 0 Å². The van der Waals surface area contributed by atoms with E-state index < -0.39 is 8.32 Å². The molecule has 1 rings (SSSR count). The highest BCUT2D eigenvalue weighted by Gasteiger charge is 2.14. The molecule has 1 aromatic carbocycles. The van der Waals surface area contributed by atoms with Gasteiger partial charge in [-0.25, -0.2) is 0 Å². The van der Waals surface area contributed by atoms with Crippen molar-refractivity contribution in [2.75, 3.05) is 0 Å². The molecule has 0 saturated heterocycles. The molecule has 0 spiro atoms. The fraction of sp³-hybridized carbons (Fsp3) is 0.333. The summed E-state index contributed by atoms with van der Waals surface area (Å²) < 4.78 is 11.0. The highest BCUT2D eigenvalue weighted by atomic mass is 32.1. The van der Waals surface area contributed by atoms with E-state index in [1.165, 1.54) is 0 Å². The molecule has 0 bridgehead atoms. The van der Waals surface area contributed by atoms with Crippen LogP contribution in [0.3, 0.4) is 0 Å². The molecule has 0 heterocycles. The molecule has 0 fully saturated rings. The maximum absolute atomic E-state index is 4.81. The Labute approximate surface area is 107 Å². The molecule has 0 atom stereocenters. The van der Waals surface area contributed by atoms with Crippen LogP contribution in [-0.2, 0) is 29.4 Å². The normalized spacial score (nSPS) is 9.44. The summed E-state index contributed by atoms with van der Waals surface area (Å²) in [7, 11) is -1.43. The molecular weight excluding hydrogens is 260 g/mol. The van der Waals surface area contributed by atoms with E-state index in [-0.39, 0.29) is 0 Å². The second-order valence-corrected chi connectivity index (χ2v) is 8.46. The molecule has 1 aromatic rings. The standard InChI is InChI=1S/C6H5NOS.C3H9NOSSi/c9-7-8-6-4-2-1-3-5-6;1-7(2,3)5-4-6/h1-5H;1-3H3. The topological polar surface area (TPSA) is 43.2 Å². The molecule has 0 unspecified atom stereocenters. The smallest absolute Gasteiger partial charge is 0.279 e. The van der Waals surface area contributed by atoms with Crippen LogP contribution in [-0.4, -0.2) is 8.32 Å². The molecule has 0 N–H and O–H groups in total. The molecule has 88 valence electrons. The summed E-state index contributed by atoms with van der Waals surface area (Å²) in [5.41, 5.74) is 0. The summed E-state index contributed by atoms with van der Waals surface area (Å²) in [6.45, 7) is 6.09. The van der Waals surface area contributed by atoms with E-state index in [2.05, 4.69) is 38.7 Å². The molecule has 0 aliphatic carbocycles. The lowest BCUT2D eigenvalue weighted by molar-refractivity contribution is 0.346. The number of rotatable bonds is 4. The van der Waals surface area contributed by atoms with E-state index >= 15 is 0 Å². The van der Waals surface area contributed by atoms with Gasteiger partial charge in [0.2, 0.25) is 0 Å². The number of hydrogen-bond donors (Lipinski definition) is 0. The Balaban J connectivity index is 0.000000293. The average Bonchev–Trinajstić information content (AvgIpc) is 2.19. The van der Waals surface area contributed by atoms with Crippen LogP contribution in [0.5, 0.6) is 5.75 Å². The van der Waals surface area contributed by atoms with Crippen LogP contribution in [0.25, 0.3) is 0 Å². The zero-order valence-electron chi connectivity index (χ0n) is 9.41. The summed E-state index contributed by atoms with van der Waals surface area (Å²) >= 11 is 8.47. The Kier molecular flexibility index (Phi) is 7.78. The van der Waals surface area contributed by atoms with Gasteiger partial charge in [0, 0.05) is 0 Å². The molecule has 0 aliphatic rings. The predicted octanol–water partition coefficient (Wildman–Crippen LogP) is 3.19. The minimum atomic E-state index is -1.43. The Morgan fingerprint density at radius 2 is 1.56 bits per heavy atom. The van der Waals surface area contributed by atoms with Crippen molar-refractivity contribution in [1.29, 1.82) is 0 Å². The monoisotopic (exact) mass is 274 g/mol. The highest BCUT2D eigenvalue weighted by Crippen LogP contribution is 2.07. The Morgan fingerprint density at radius 1 is 1.00 bits per heavy atom. The maximum Gasteiger partial charge on any atom is 0.279 e. The average molecular weight is 274 g/mol. The molecule has 0 amide bonds. The molecule has 0 aliphatic heterocycles. The van der Waals surface area contributed by atoms with Crippen LogP contribution >= 0.6 is 0 Å². The van der Waals surface area contributed by atoms with E-state index in [4.69, 9.17) is 4.53 Å². The number of hydrogen-bond acceptors (Lipinski definition) is 6. The van der Waals surface area contributed by atoms with Gasteiger partial charge in [0.05, 0.1) is 24.9 Å². The first-order valence-electron chi connectivity index (χ1n) is 4.55. The van der Waals surface area contributed by atoms with E-state index in [9.17, 15) is 0 Å². The van der Waals surface area contributed by atoms with E-state index in [0.717, 1.165) is 0 Å². The number of para-hydroxylation sites is 1. The van der Waals surface area contributed by atoms with E-state index in [1.807, 2.05) is 37.8 Å². The van der Waals surface area contributed by atoms with Gasteiger partial charge in [-0.05, 0) is 40.8 Å². The van der Waals surface area contributed by atoms with Gasteiger partial charge in [-0.1, -0.05) is 18.2 Å². The van der Waals surface area contributed by atoms with Gasteiger partial charge in [-0.2, -0.15) is 0 Å². The quantitative estimate of drug-likeness (QED) is 0.624. The Morgan fingerprint density at radius 3 is 1.88 bits per heavy atom. The van der Waals surface area contributed by atoms with Crippen LogP contribution in [0, 0.1) is 0 Å². The summed E-state index contributed by atoms with van der Waals surface area (Å²) in [6, 6.07) is 9.19. The second kappa shape index (κ2) is 8.25. The second-order valence-electron chi connectivity index (χ2n) is 3.76. The molecule has 0 radical (unpaired) electrons. The summed E-state index contributed by atoms with van der Waals surface area (Å²) in [4.78, 5) is 4.65. The Hall–Kier alpha value is -0.923. The Bertz CT molecular complexity index is 317. The van der Waals surface area contributed by atoms with Crippen molar-refractivity contribution in [1.82, 2.24) is 0 Å². The fourth-order valence-electron chi connectivity index (χ4n) is 0.636. The van der Waals surface area contributed by atoms with Crippen molar-refractivity contribution < 1.29 is 9.36 Å². The van der Waals surface area contributed by atoms with Crippen LogP contribution in [0.1, 0.15) is 0 Å². The predicted molar refractivity (Wildman–Crippen MR) is 71.1 cm³/mol. The van der Waals surface area contributed by atoms with Crippen molar-refractivity contribution in [2.24, 2.45) is 9.05 Å². The molecule has 4 nitrogen and oxygen atoms in total. The fourth-order valence-corrected chi connectivity index (χ4v) is 1.62. The minimum absolute atomic E-state index is 0.674. The van der Waals surface area contributed by atoms with Gasteiger partial charge in [-0.3, -0.25) is 0 Å². The van der Waals surface area contributed by atoms with Crippen LogP contribution < -0.4 is 4.84 Å². The summed E-state index contributed by atoms with van der Waals surface area (Å²) in [6.07, 6.45) is 0. The van der Waals surface area contributed by atoms with Crippen LogP contribution in [0.4, 0.5) is 0 Å². The third kappa shape index (κ3) is 9.63. The third-order valence-corrected chi connectivity index (χ3v) is 2.12. The lowest BCUT2D eigenvalue weighted by atomic mass is 10.3. The van der Waals surface area contributed by atoms with Crippen molar-refractivity contribution in [3.8, 4) is 5.75 Å². The van der Waals surface area contributed by atoms with E-state index in [0.29, 0.717) is 5.75 Å². The van der Waals surface area contributed by atoms with Crippen LogP contribution in [0.15, 0.2) is 39.4 Å². The molecule has 16 heavy (non-hydrogen) atoms.